The van der Waals surface area contributed by atoms with Gasteiger partial charge in [0.05, 0.1) is 31.9 Å². The molecule has 2 aromatic rings. The minimum absolute atomic E-state index is 0.198. The number of rotatable bonds is 6. The van der Waals surface area contributed by atoms with Gasteiger partial charge in [-0.3, -0.25) is 4.79 Å². The van der Waals surface area contributed by atoms with E-state index in [0.29, 0.717) is 22.1 Å². The van der Waals surface area contributed by atoms with E-state index in [1.807, 2.05) is 32.0 Å². The van der Waals surface area contributed by atoms with Crippen molar-refractivity contribution in [3.05, 3.63) is 57.6 Å². The van der Waals surface area contributed by atoms with Crippen LogP contribution >= 0.6 is 11.6 Å². The Balaban J connectivity index is 2.02. The number of nitrogens with zero attached hydrogens (tertiary/aromatic N) is 1. The van der Waals surface area contributed by atoms with Gasteiger partial charge in [-0.25, -0.2) is 5.43 Å². The maximum Gasteiger partial charge on any atom is 0.244 e. The number of hydrogen-bond donors (Lipinski definition) is 1. The number of nitrogens with one attached hydrogen (secondary N) is 1. The van der Waals surface area contributed by atoms with Crippen LogP contribution < -0.4 is 14.9 Å². The van der Waals surface area contributed by atoms with Crippen molar-refractivity contribution < 1.29 is 14.3 Å². The second-order valence-electron chi connectivity index (χ2n) is 5.62. The summed E-state index contributed by atoms with van der Waals surface area (Å²) in [6.45, 7) is 4.06. The molecule has 0 aliphatic rings. The molecule has 0 aliphatic heterocycles. The molecule has 25 heavy (non-hydrogen) atoms. The van der Waals surface area contributed by atoms with Gasteiger partial charge in [-0.05, 0) is 36.6 Å². The van der Waals surface area contributed by atoms with Gasteiger partial charge in [-0.15, -0.1) is 0 Å². The summed E-state index contributed by atoms with van der Waals surface area (Å²) in [5.74, 6) is 0.870. The molecule has 2 rings (SSSR count). The van der Waals surface area contributed by atoms with Gasteiger partial charge in [0, 0.05) is 11.6 Å². The van der Waals surface area contributed by atoms with Gasteiger partial charge in [-0.2, -0.15) is 5.10 Å². The van der Waals surface area contributed by atoms with Crippen molar-refractivity contribution in [1.82, 2.24) is 5.43 Å². The molecule has 0 aromatic heterocycles. The molecule has 0 bridgehead atoms. The monoisotopic (exact) mass is 360 g/mol. The van der Waals surface area contributed by atoms with Crippen molar-refractivity contribution in [2.75, 3.05) is 14.2 Å². The number of amides is 1. The Morgan fingerprint density at radius 3 is 2.44 bits per heavy atom. The quantitative estimate of drug-likeness (QED) is 0.631. The van der Waals surface area contributed by atoms with Crippen molar-refractivity contribution in [3.63, 3.8) is 0 Å². The number of hydrogen-bond acceptors (Lipinski definition) is 4. The third kappa shape index (κ3) is 4.97. The zero-order valence-corrected chi connectivity index (χ0v) is 15.5. The Bertz CT molecular complexity index is 803. The average molecular weight is 361 g/mol. The van der Waals surface area contributed by atoms with E-state index >= 15 is 0 Å². The van der Waals surface area contributed by atoms with Crippen molar-refractivity contribution in [2.45, 2.75) is 20.3 Å². The summed E-state index contributed by atoms with van der Waals surface area (Å²) in [5.41, 5.74) is 6.43. The Labute approximate surface area is 152 Å². The largest absolute Gasteiger partial charge is 0.493 e. The van der Waals surface area contributed by atoms with Crippen molar-refractivity contribution >= 4 is 23.7 Å². The predicted octanol–water partition coefficient (Wildman–Crippen LogP) is 3.67. The van der Waals surface area contributed by atoms with Crippen molar-refractivity contribution in [1.29, 1.82) is 0 Å². The fourth-order valence-electron chi connectivity index (χ4n) is 2.28. The number of hydrazone groups is 1. The fraction of sp³-hybridized carbons (Fsp3) is 0.263. The number of carbonyl (C=O) groups excluding carboxylic acids is 1. The molecule has 1 N–H and O–H groups in total. The zero-order valence-electron chi connectivity index (χ0n) is 14.7. The molecule has 0 saturated carbocycles. The topological polar surface area (TPSA) is 59.9 Å². The first-order valence-electron chi connectivity index (χ1n) is 7.74. The number of aryl methyl sites for hydroxylation is 2. The van der Waals surface area contributed by atoms with Crippen LogP contribution in [0.3, 0.4) is 0 Å². The van der Waals surface area contributed by atoms with Gasteiger partial charge >= 0.3 is 0 Å². The van der Waals surface area contributed by atoms with E-state index in [9.17, 15) is 4.79 Å². The smallest absolute Gasteiger partial charge is 0.244 e. The van der Waals surface area contributed by atoms with Gasteiger partial charge in [0.1, 0.15) is 0 Å². The summed E-state index contributed by atoms with van der Waals surface area (Å²) >= 11 is 6.17. The average Bonchev–Trinajstić information content (AvgIpc) is 2.59. The van der Waals surface area contributed by atoms with Gasteiger partial charge in [0.2, 0.25) is 5.91 Å². The molecule has 0 fully saturated rings. The molecule has 0 saturated heterocycles. The standard InChI is InChI=1S/C19H21ClN2O3/c1-12-5-6-14(7-13(12)2)8-19(23)22-21-11-15-9-17(24-3)18(25-4)10-16(15)20/h5-7,9-11H,8H2,1-4H3,(H,22,23)/b21-11-. The van der Waals surface area contributed by atoms with Crippen LogP contribution in [0.4, 0.5) is 0 Å². The Kier molecular flexibility index (Phi) is 6.42. The first kappa shape index (κ1) is 18.8. The molecule has 0 radical (unpaired) electrons. The summed E-state index contributed by atoms with van der Waals surface area (Å²) in [6, 6.07) is 9.28. The Morgan fingerprint density at radius 2 is 1.80 bits per heavy atom. The molecular weight excluding hydrogens is 340 g/mol. The van der Waals surface area contributed by atoms with Crippen LogP contribution in [0.2, 0.25) is 5.02 Å². The summed E-state index contributed by atoms with van der Waals surface area (Å²) < 4.78 is 10.4. The van der Waals surface area contributed by atoms with E-state index in [0.717, 1.165) is 11.1 Å². The van der Waals surface area contributed by atoms with Gasteiger partial charge in [0.15, 0.2) is 11.5 Å². The highest BCUT2D eigenvalue weighted by Crippen LogP contribution is 2.32. The molecule has 2 aromatic carbocycles. The van der Waals surface area contributed by atoms with E-state index < -0.39 is 0 Å². The maximum absolute atomic E-state index is 12.0. The fourth-order valence-corrected chi connectivity index (χ4v) is 2.48. The predicted molar refractivity (Wildman–Crippen MR) is 99.9 cm³/mol. The number of methoxy groups -OCH3 is 2. The lowest BCUT2D eigenvalue weighted by Crippen LogP contribution is -2.19. The van der Waals surface area contributed by atoms with E-state index in [1.54, 1.807) is 12.1 Å². The first-order chi connectivity index (χ1) is 11.9. The lowest BCUT2D eigenvalue weighted by Gasteiger charge is -2.09. The van der Waals surface area contributed by atoms with Crippen LogP contribution in [0.15, 0.2) is 35.4 Å². The van der Waals surface area contributed by atoms with Crippen LogP contribution in [0.1, 0.15) is 22.3 Å². The summed E-state index contributed by atoms with van der Waals surface area (Å²) in [5, 5.41) is 4.41. The molecule has 0 heterocycles. The summed E-state index contributed by atoms with van der Waals surface area (Å²) in [4.78, 5) is 12.0. The maximum atomic E-state index is 12.0. The number of halogens is 1. The van der Waals surface area contributed by atoms with Crippen molar-refractivity contribution in [2.24, 2.45) is 5.10 Å². The molecule has 132 valence electrons. The SMILES string of the molecule is COc1cc(Cl)c(/C=N\NC(=O)Cc2ccc(C)c(C)c2)cc1OC. The highest BCUT2D eigenvalue weighted by Gasteiger charge is 2.09. The van der Waals surface area contributed by atoms with Gasteiger partial charge < -0.3 is 9.47 Å². The van der Waals surface area contributed by atoms with Crippen LogP contribution in [-0.4, -0.2) is 26.3 Å². The Hall–Kier alpha value is -2.53. The van der Waals surface area contributed by atoms with Crippen LogP contribution in [-0.2, 0) is 11.2 Å². The Morgan fingerprint density at radius 1 is 1.12 bits per heavy atom. The van der Waals surface area contributed by atoms with Crippen LogP contribution in [0, 0.1) is 13.8 Å². The van der Waals surface area contributed by atoms with Gasteiger partial charge in [-0.1, -0.05) is 29.8 Å². The normalized spacial score (nSPS) is 10.8. The molecule has 0 aliphatic carbocycles. The third-order valence-corrected chi connectivity index (χ3v) is 4.16. The zero-order chi connectivity index (χ0) is 18.4. The van der Waals surface area contributed by atoms with Crippen LogP contribution in [0.25, 0.3) is 0 Å². The first-order valence-corrected chi connectivity index (χ1v) is 8.12. The van der Waals surface area contributed by atoms with E-state index in [1.165, 1.54) is 26.0 Å². The highest BCUT2D eigenvalue weighted by molar-refractivity contribution is 6.33. The van der Waals surface area contributed by atoms with Crippen molar-refractivity contribution in [3.8, 4) is 11.5 Å². The number of ether oxygens (including phenoxy) is 2. The van der Waals surface area contributed by atoms with E-state index in [4.69, 9.17) is 21.1 Å². The third-order valence-electron chi connectivity index (χ3n) is 3.83. The molecule has 5 nitrogen and oxygen atoms in total. The molecule has 0 atom stereocenters. The molecule has 6 heteroatoms. The summed E-state index contributed by atoms with van der Waals surface area (Å²) in [7, 11) is 3.08. The van der Waals surface area contributed by atoms with Crippen LogP contribution in [0.5, 0.6) is 11.5 Å². The second-order valence-corrected chi connectivity index (χ2v) is 6.02. The minimum atomic E-state index is -0.198. The minimum Gasteiger partial charge on any atom is -0.493 e. The lowest BCUT2D eigenvalue weighted by atomic mass is 10.0. The molecule has 1 amide bonds. The molecular formula is C19H21ClN2O3. The van der Waals surface area contributed by atoms with Gasteiger partial charge in [0.25, 0.3) is 0 Å². The van der Waals surface area contributed by atoms with E-state index in [2.05, 4.69) is 10.5 Å². The summed E-state index contributed by atoms with van der Waals surface area (Å²) in [6.07, 6.45) is 1.74. The number of carbonyl (C=O) groups is 1. The van der Waals surface area contributed by atoms with E-state index in [-0.39, 0.29) is 12.3 Å². The second kappa shape index (κ2) is 8.53. The molecule has 0 spiro atoms. The number of benzene rings is 2. The lowest BCUT2D eigenvalue weighted by molar-refractivity contribution is -0.120. The highest BCUT2D eigenvalue weighted by atomic mass is 35.5. The molecule has 0 unspecified atom stereocenters.